The number of hydrogen-bond acceptors (Lipinski definition) is 3. The fourth-order valence-electron chi connectivity index (χ4n) is 2.99. The van der Waals surface area contributed by atoms with Crippen LogP contribution in [0.15, 0.2) is 22.9 Å². The summed E-state index contributed by atoms with van der Waals surface area (Å²) >= 11 is 0. The van der Waals surface area contributed by atoms with Crippen molar-refractivity contribution in [3.63, 3.8) is 0 Å². The van der Waals surface area contributed by atoms with Crippen molar-refractivity contribution in [3.05, 3.63) is 22.9 Å². The number of fused-ring (bicyclic) bond motifs is 1. The monoisotopic (exact) mass is 280 g/mol. The fourth-order valence-corrected chi connectivity index (χ4v) is 5.13. The maximum absolute atomic E-state index is 12.5. The van der Waals surface area contributed by atoms with E-state index in [1.165, 1.54) is 0 Å². The maximum atomic E-state index is 12.5. The lowest BCUT2D eigenvalue weighted by atomic mass is 9.95. The summed E-state index contributed by atoms with van der Waals surface area (Å²) in [6.45, 7) is 11.8. The third kappa shape index (κ3) is 2.62. The van der Waals surface area contributed by atoms with Gasteiger partial charge >= 0.3 is 0 Å². The van der Waals surface area contributed by atoms with E-state index in [9.17, 15) is 4.79 Å². The van der Waals surface area contributed by atoms with Crippen LogP contribution in [0.5, 0.6) is 0 Å². The van der Waals surface area contributed by atoms with Gasteiger partial charge in [-0.25, -0.2) is 0 Å². The van der Waals surface area contributed by atoms with Crippen LogP contribution in [0.25, 0.3) is 0 Å². The van der Waals surface area contributed by atoms with Gasteiger partial charge in [0.25, 0.3) is 0 Å². The normalized spacial score (nSPS) is 31.6. The van der Waals surface area contributed by atoms with Crippen LogP contribution in [0.2, 0.25) is 19.6 Å². The average Bonchev–Trinajstić information content (AvgIpc) is 2.81. The molecule has 0 aromatic rings. The predicted molar refractivity (Wildman–Crippen MR) is 78.5 cm³/mol. The number of rotatable bonds is 4. The number of allylic oxidation sites excluding steroid dienone is 2. The second-order valence-electron chi connectivity index (χ2n) is 6.41. The highest BCUT2D eigenvalue weighted by atomic mass is 28.3. The molecule has 0 N–H and O–H groups in total. The minimum Gasteiger partial charge on any atom is -0.348 e. The van der Waals surface area contributed by atoms with Crippen molar-refractivity contribution in [2.75, 3.05) is 13.2 Å². The number of ketones is 1. The lowest BCUT2D eigenvalue weighted by Gasteiger charge is -2.21. The van der Waals surface area contributed by atoms with Crippen molar-refractivity contribution in [1.29, 1.82) is 0 Å². The molecular formula is C15H24O3Si. The van der Waals surface area contributed by atoms with Crippen LogP contribution in [-0.4, -0.2) is 33.4 Å². The molecule has 106 valence electrons. The van der Waals surface area contributed by atoms with E-state index in [1.807, 2.05) is 26.0 Å². The van der Waals surface area contributed by atoms with E-state index in [0.29, 0.717) is 19.0 Å². The molecule has 2 rings (SSSR count). The van der Waals surface area contributed by atoms with Gasteiger partial charge in [0, 0.05) is 11.8 Å². The van der Waals surface area contributed by atoms with E-state index < -0.39 is 8.07 Å². The van der Waals surface area contributed by atoms with E-state index in [1.54, 1.807) is 0 Å². The summed E-state index contributed by atoms with van der Waals surface area (Å²) in [6, 6.07) is 0. The third-order valence-electron chi connectivity index (χ3n) is 3.96. The molecule has 1 aliphatic heterocycles. The Balaban J connectivity index is 2.31. The number of carbonyl (C=O) groups excluding carboxylic acids is 1. The molecule has 0 amide bonds. The molecule has 1 heterocycles. The van der Waals surface area contributed by atoms with Gasteiger partial charge in [-0.1, -0.05) is 38.7 Å². The van der Waals surface area contributed by atoms with E-state index in [2.05, 4.69) is 19.6 Å². The molecule has 0 radical (unpaired) electrons. The number of Topliss-reactive ketones (excluding diaryl/α,β-unsaturated/α-hetero) is 1. The highest BCUT2D eigenvalue weighted by Crippen LogP contribution is 2.45. The molecule has 2 aliphatic rings. The molecule has 1 saturated heterocycles. The lowest BCUT2D eigenvalue weighted by molar-refractivity contribution is -0.119. The Labute approximate surface area is 116 Å². The zero-order chi connectivity index (χ0) is 14.2. The van der Waals surface area contributed by atoms with Gasteiger partial charge in [0.15, 0.2) is 12.1 Å². The number of ether oxygens (including phenoxy) is 2. The van der Waals surface area contributed by atoms with Gasteiger partial charge in [-0.05, 0) is 17.7 Å². The Bertz CT molecular complexity index is 431. The summed E-state index contributed by atoms with van der Waals surface area (Å²) < 4.78 is 11.5. The second-order valence-corrected chi connectivity index (χ2v) is 11.4. The summed E-state index contributed by atoms with van der Waals surface area (Å²) in [5.41, 5.74) is 1.15. The van der Waals surface area contributed by atoms with Gasteiger partial charge in [0.1, 0.15) is 0 Å². The molecule has 3 atom stereocenters. The molecule has 4 heteroatoms. The largest absolute Gasteiger partial charge is 0.348 e. The third-order valence-corrected chi connectivity index (χ3v) is 6.00. The van der Waals surface area contributed by atoms with Crippen LogP contribution < -0.4 is 0 Å². The van der Waals surface area contributed by atoms with Crippen molar-refractivity contribution >= 4 is 13.9 Å². The molecule has 0 bridgehead atoms. The zero-order valence-corrected chi connectivity index (χ0v) is 13.5. The number of hydrogen-bond donors (Lipinski definition) is 0. The molecule has 0 spiro atoms. The Morgan fingerprint density at radius 2 is 2.11 bits per heavy atom. The van der Waals surface area contributed by atoms with E-state index in [0.717, 1.165) is 10.8 Å². The molecule has 0 unspecified atom stereocenters. The van der Waals surface area contributed by atoms with Crippen molar-refractivity contribution in [2.45, 2.75) is 39.8 Å². The van der Waals surface area contributed by atoms with Crippen molar-refractivity contribution in [3.8, 4) is 0 Å². The summed E-state index contributed by atoms with van der Waals surface area (Å²) in [4.78, 5) is 12.5. The van der Waals surface area contributed by atoms with Gasteiger partial charge in [-0.3, -0.25) is 4.79 Å². The summed E-state index contributed by atoms with van der Waals surface area (Å²) in [5.74, 6) is 0.638. The van der Waals surface area contributed by atoms with Crippen LogP contribution in [0.1, 0.15) is 13.8 Å². The molecule has 3 nitrogen and oxygen atoms in total. The molecule has 0 aromatic carbocycles. The fraction of sp³-hybridized carbons (Fsp3) is 0.667. The Hall–Kier alpha value is -0.713. The minimum absolute atomic E-state index is 0.0621. The molecular weight excluding hydrogens is 256 g/mol. The Morgan fingerprint density at radius 1 is 1.42 bits per heavy atom. The minimum atomic E-state index is -1.65. The maximum Gasteiger partial charge on any atom is 0.180 e. The van der Waals surface area contributed by atoms with E-state index in [4.69, 9.17) is 9.47 Å². The topological polar surface area (TPSA) is 35.5 Å². The molecule has 0 aromatic heterocycles. The average molecular weight is 280 g/mol. The highest BCUT2D eigenvalue weighted by Gasteiger charge is 2.50. The van der Waals surface area contributed by atoms with Gasteiger partial charge in [0.05, 0.1) is 21.3 Å². The molecule has 1 fully saturated rings. The van der Waals surface area contributed by atoms with E-state index in [-0.39, 0.29) is 18.1 Å². The van der Waals surface area contributed by atoms with Gasteiger partial charge in [0.2, 0.25) is 0 Å². The SMILES string of the molecule is C/C=C/CO[C@@H]1OC[C@@H]2C1=C([Si](C)(C)C)C(=O)[C@H]2C. The first-order chi connectivity index (χ1) is 8.88. The van der Waals surface area contributed by atoms with E-state index >= 15 is 0 Å². The van der Waals surface area contributed by atoms with Gasteiger partial charge < -0.3 is 9.47 Å². The van der Waals surface area contributed by atoms with Crippen molar-refractivity contribution in [1.82, 2.24) is 0 Å². The van der Waals surface area contributed by atoms with Crippen LogP contribution in [0.4, 0.5) is 0 Å². The van der Waals surface area contributed by atoms with Crippen LogP contribution in [0, 0.1) is 11.8 Å². The standard InChI is InChI=1S/C15H24O3Si/c1-6-7-8-17-15-12-11(9-18-15)10(2)13(16)14(12)19(3,4)5/h6-7,10-11,15H,8-9H2,1-5H3/b7-6+/t10-,11-,15+/m0/s1. The smallest absolute Gasteiger partial charge is 0.180 e. The quantitative estimate of drug-likeness (QED) is 0.587. The highest BCUT2D eigenvalue weighted by molar-refractivity contribution is 6.87. The van der Waals surface area contributed by atoms with Gasteiger partial charge in [-0.2, -0.15) is 0 Å². The molecule has 19 heavy (non-hydrogen) atoms. The predicted octanol–water partition coefficient (Wildman–Crippen LogP) is 2.94. The van der Waals surface area contributed by atoms with Crippen LogP contribution >= 0.6 is 0 Å². The van der Waals surface area contributed by atoms with Gasteiger partial charge in [-0.15, -0.1) is 0 Å². The first-order valence-corrected chi connectivity index (χ1v) is 10.5. The van der Waals surface area contributed by atoms with Crippen molar-refractivity contribution < 1.29 is 14.3 Å². The first-order valence-electron chi connectivity index (χ1n) is 7.01. The second kappa shape index (κ2) is 5.35. The lowest BCUT2D eigenvalue weighted by Crippen LogP contribution is -2.31. The van der Waals surface area contributed by atoms with Crippen molar-refractivity contribution in [2.24, 2.45) is 11.8 Å². The first kappa shape index (κ1) is 14.7. The summed E-state index contributed by atoms with van der Waals surface area (Å²) in [6.07, 6.45) is 3.62. The Kier molecular flexibility index (Phi) is 4.13. The van der Waals surface area contributed by atoms with Crippen LogP contribution in [0.3, 0.4) is 0 Å². The summed E-state index contributed by atoms with van der Waals surface area (Å²) in [7, 11) is -1.65. The number of carbonyl (C=O) groups is 1. The molecule has 1 aliphatic carbocycles. The Morgan fingerprint density at radius 3 is 2.68 bits per heavy atom. The molecule has 0 saturated carbocycles. The zero-order valence-electron chi connectivity index (χ0n) is 12.5. The summed E-state index contributed by atoms with van der Waals surface area (Å²) in [5, 5.41) is 1.06. The van der Waals surface area contributed by atoms with Crippen LogP contribution in [-0.2, 0) is 14.3 Å².